The molecule has 2 aromatic carbocycles. The Bertz CT molecular complexity index is 856. The van der Waals surface area contributed by atoms with Crippen LogP contribution in [-0.2, 0) is 29.0 Å². The van der Waals surface area contributed by atoms with Crippen LogP contribution >= 0.6 is 0 Å². The monoisotopic (exact) mass is 412 g/mol. The Morgan fingerprint density at radius 2 is 1.63 bits per heavy atom. The van der Waals surface area contributed by atoms with Crippen LogP contribution in [0.2, 0.25) is 0 Å². The lowest BCUT2D eigenvalue weighted by molar-refractivity contribution is -0.141. The summed E-state index contributed by atoms with van der Waals surface area (Å²) in [4.78, 5) is 27.3. The second-order valence-electron chi connectivity index (χ2n) is 8.70. The van der Waals surface area contributed by atoms with Crippen LogP contribution in [0.4, 0.5) is 4.39 Å². The summed E-state index contributed by atoms with van der Waals surface area (Å²) in [6, 6.07) is 13.8. The number of hydrogen-bond acceptors (Lipinski definition) is 2. The summed E-state index contributed by atoms with van der Waals surface area (Å²) in [5, 5.41) is 2.91. The van der Waals surface area contributed by atoms with Crippen LogP contribution in [0.1, 0.15) is 57.7 Å². The lowest BCUT2D eigenvalue weighted by Crippen LogP contribution is -2.52. The Balaban J connectivity index is 2.16. The third-order valence-electron chi connectivity index (χ3n) is 5.02. The highest BCUT2D eigenvalue weighted by Crippen LogP contribution is 2.16. The molecule has 0 aromatic heterocycles. The highest BCUT2D eigenvalue weighted by Gasteiger charge is 2.28. The van der Waals surface area contributed by atoms with E-state index < -0.39 is 11.6 Å². The summed E-state index contributed by atoms with van der Waals surface area (Å²) in [5.41, 5.74) is 2.30. The quantitative estimate of drug-likeness (QED) is 0.686. The van der Waals surface area contributed by atoms with Crippen molar-refractivity contribution in [2.75, 3.05) is 0 Å². The van der Waals surface area contributed by atoms with E-state index >= 15 is 0 Å². The maximum atomic E-state index is 14.2. The zero-order chi connectivity index (χ0) is 22.3. The molecule has 2 amide bonds. The van der Waals surface area contributed by atoms with Gasteiger partial charge in [0.1, 0.15) is 11.9 Å². The average Bonchev–Trinajstić information content (AvgIpc) is 2.70. The van der Waals surface area contributed by atoms with Crippen LogP contribution in [0, 0.1) is 5.82 Å². The van der Waals surface area contributed by atoms with Crippen molar-refractivity contribution in [1.29, 1.82) is 0 Å². The van der Waals surface area contributed by atoms with E-state index in [0.29, 0.717) is 12.0 Å². The Morgan fingerprint density at radius 1 is 1.03 bits per heavy atom. The van der Waals surface area contributed by atoms with Crippen LogP contribution in [0.5, 0.6) is 0 Å². The minimum Gasteiger partial charge on any atom is -0.350 e. The van der Waals surface area contributed by atoms with Gasteiger partial charge in [-0.05, 0) is 57.7 Å². The molecule has 0 bridgehead atoms. The summed E-state index contributed by atoms with van der Waals surface area (Å²) in [7, 11) is 0. The largest absolute Gasteiger partial charge is 0.350 e. The SMILES string of the molecule is CCc1ccc(CCC(=O)N(Cc2ccccc2F)C(C)C(=O)NC(C)(C)C)cc1. The summed E-state index contributed by atoms with van der Waals surface area (Å²) in [6.45, 7) is 9.51. The number of hydrogen-bond donors (Lipinski definition) is 1. The van der Waals surface area contributed by atoms with Crippen molar-refractivity contribution in [2.45, 2.75) is 72.0 Å². The molecule has 0 spiro atoms. The molecule has 0 aliphatic heterocycles. The van der Waals surface area contributed by atoms with E-state index in [1.165, 1.54) is 16.5 Å². The number of rotatable bonds is 8. The lowest BCUT2D eigenvalue weighted by Gasteiger charge is -2.31. The Hall–Kier alpha value is -2.69. The Labute approximate surface area is 179 Å². The fourth-order valence-corrected chi connectivity index (χ4v) is 3.20. The molecule has 30 heavy (non-hydrogen) atoms. The molecule has 162 valence electrons. The molecule has 2 aromatic rings. The maximum absolute atomic E-state index is 14.2. The van der Waals surface area contributed by atoms with Crippen LogP contribution in [-0.4, -0.2) is 28.3 Å². The smallest absolute Gasteiger partial charge is 0.242 e. The predicted octanol–water partition coefficient (Wildman–Crippen LogP) is 4.65. The van der Waals surface area contributed by atoms with Gasteiger partial charge >= 0.3 is 0 Å². The maximum Gasteiger partial charge on any atom is 0.242 e. The zero-order valence-corrected chi connectivity index (χ0v) is 18.7. The summed E-state index contributed by atoms with van der Waals surface area (Å²) >= 11 is 0. The minimum absolute atomic E-state index is 0.0546. The molecule has 5 heteroatoms. The summed E-state index contributed by atoms with van der Waals surface area (Å²) in [6.07, 6.45) is 1.80. The fourth-order valence-electron chi connectivity index (χ4n) is 3.20. The van der Waals surface area contributed by atoms with Gasteiger partial charge in [0.15, 0.2) is 0 Å². The van der Waals surface area contributed by atoms with Gasteiger partial charge in [-0.25, -0.2) is 4.39 Å². The van der Waals surface area contributed by atoms with Crippen molar-refractivity contribution >= 4 is 11.8 Å². The molecule has 1 unspecified atom stereocenters. The first-order valence-electron chi connectivity index (χ1n) is 10.5. The number of nitrogens with zero attached hydrogens (tertiary/aromatic N) is 1. The topological polar surface area (TPSA) is 49.4 Å². The van der Waals surface area contributed by atoms with E-state index in [-0.39, 0.29) is 30.6 Å². The van der Waals surface area contributed by atoms with Gasteiger partial charge in [0.25, 0.3) is 0 Å². The standard InChI is InChI=1S/C25H33FN2O2/c1-6-19-11-13-20(14-12-19)15-16-23(29)28(17-21-9-7-8-10-22(21)26)18(2)24(30)27-25(3,4)5/h7-14,18H,6,15-17H2,1-5H3,(H,27,30). The van der Waals surface area contributed by atoms with Crippen molar-refractivity contribution in [2.24, 2.45) is 0 Å². The lowest BCUT2D eigenvalue weighted by atomic mass is 10.0. The molecule has 2 rings (SSSR count). The first kappa shape index (κ1) is 23.6. The molecule has 1 N–H and O–H groups in total. The van der Waals surface area contributed by atoms with Crippen molar-refractivity contribution in [3.8, 4) is 0 Å². The summed E-state index contributed by atoms with van der Waals surface area (Å²) < 4.78 is 14.2. The van der Waals surface area contributed by atoms with Crippen molar-refractivity contribution in [3.63, 3.8) is 0 Å². The highest BCUT2D eigenvalue weighted by atomic mass is 19.1. The van der Waals surface area contributed by atoms with E-state index in [1.54, 1.807) is 25.1 Å². The number of aryl methyl sites for hydroxylation is 2. The van der Waals surface area contributed by atoms with E-state index in [1.807, 2.05) is 32.9 Å². The normalized spacial score (nSPS) is 12.3. The van der Waals surface area contributed by atoms with Crippen LogP contribution in [0.3, 0.4) is 0 Å². The molecule has 0 saturated carbocycles. The van der Waals surface area contributed by atoms with Crippen LogP contribution in [0.25, 0.3) is 0 Å². The molecule has 0 heterocycles. The van der Waals surface area contributed by atoms with Crippen LogP contribution in [0.15, 0.2) is 48.5 Å². The first-order valence-corrected chi connectivity index (χ1v) is 10.5. The predicted molar refractivity (Wildman–Crippen MR) is 118 cm³/mol. The van der Waals surface area contributed by atoms with E-state index in [4.69, 9.17) is 0 Å². The zero-order valence-electron chi connectivity index (χ0n) is 18.7. The number of benzene rings is 2. The van der Waals surface area contributed by atoms with Crippen molar-refractivity contribution < 1.29 is 14.0 Å². The van der Waals surface area contributed by atoms with Gasteiger partial charge < -0.3 is 10.2 Å². The average molecular weight is 413 g/mol. The second kappa shape index (κ2) is 10.4. The Morgan fingerprint density at radius 3 is 2.20 bits per heavy atom. The summed E-state index contributed by atoms with van der Waals surface area (Å²) in [5.74, 6) is -0.803. The number of amides is 2. The Kier molecular flexibility index (Phi) is 8.16. The molecule has 0 saturated heterocycles. The van der Waals surface area contributed by atoms with Crippen LogP contribution < -0.4 is 5.32 Å². The third-order valence-corrected chi connectivity index (χ3v) is 5.02. The number of nitrogens with one attached hydrogen (secondary N) is 1. The van der Waals surface area contributed by atoms with Gasteiger partial charge in [-0.15, -0.1) is 0 Å². The number of carbonyl (C=O) groups is 2. The van der Waals surface area contributed by atoms with Gasteiger partial charge in [-0.1, -0.05) is 49.4 Å². The molecule has 1 atom stereocenters. The van der Waals surface area contributed by atoms with Gasteiger partial charge in [-0.3, -0.25) is 9.59 Å². The van der Waals surface area contributed by atoms with Gasteiger partial charge in [0.05, 0.1) is 0 Å². The minimum atomic E-state index is -0.709. The molecule has 0 radical (unpaired) electrons. The molecular weight excluding hydrogens is 379 g/mol. The number of carbonyl (C=O) groups excluding carboxylic acids is 2. The molecular formula is C25H33FN2O2. The van der Waals surface area contributed by atoms with E-state index in [0.717, 1.165) is 12.0 Å². The number of halogens is 1. The van der Waals surface area contributed by atoms with E-state index in [2.05, 4.69) is 24.4 Å². The second-order valence-corrected chi connectivity index (χ2v) is 8.70. The van der Waals surface area contributed by atoms with Crippen molar-refractivity contribution in [3.05, 3.63) is 71.0 Å². The first-order chi connectivity index (χ1) is 14.1. The molecule has 0 aliphatic rings. The van der Waals surface area contributed by atoms with Gasteiger partial charge in [0, 0.05) is 24.1 Å². The third kappa shape index (κ3) is 6.97. The van der Waals surface area contributed by atoms with Crippen molar-refractivity contribution in [1.82, 2.24) is 10.2 Å². The van der Waals surface area contributed by atoms with E-state index in [9.17, 15) is 14.0 Å². The highest BCUT2D eigenvalue weighted by molar-refractivity contribution is 5.87. The fraction of sp³-hybridized carbons (Fsp3) is 0.440. The van der Waals surface area contributed by atoms with Gasteiger partial charge in [0.2, 0.25) is 11.8 Å². The molecule has 0 aliphatic carbocycles. The van der Waals surface area contributed by atoms with Gasteiger partial charge in [-0.2, -0.15) is 0 Å². The molecule has 0 fully saturated rings. The molecule has 4 nitrogen and oxygen atoms in total.